The summed E-state index contributed by atoms with van der Waals surface area (Å²) in [7, 11) is 1.69. The number of benzene rings is 3. The van der Waals surface area contributed by atoms with Gasteiger partial charge in [-0.05, 0) is 63.4 Å². The molecule has 0 atom stereocenters. The van der Waals surface area contributed by atoms with Gasteiger partial charge in [0, 0.05) is 12.4 Å². The normalized spacial score (nSPS) is 10.7. The molecule has 4 rings (SSSR count). The summed E-state index contributed by atoms with van der Waals surface area (Å²) in [5.41, 5.74) is 4.81. The van der Waals surface area contributed by atoms with Crippen molar-refractivity contribution in [1.82, 2.24) is 4.98 Å². The lowest BCUT2D eigenvalue weighted by molar-refractivity contribution is 0.415. The third kappa shape index (κ3) is 2.74. The molecule has 1 aromatic heterocycles. The second-order valence-corrected chi connectivity index (χ2v) is 5.74. The fourth-order valence-corrected chi connectivity index (χ4v) is 2.93. The number of methoxy groups -OCH3 is 1. The minimum absolute atomic E-state index is 0.886. The summed E-state index contributed by atoms with van der Waals surface area (Å²) in [6.45, 7) is 0. The average Bonchev–Trinajstić information content (AvgIpc) is 2.68. The minimum Gasteiger partial charge on any atom is -0.497 e. The van der Waals surface area contributed by atoms with Gasteiger partial charge in [-0.1, -0.05) is 42.5 Å². The van der Waals surface area contributed by atoms with Crippen molar-refractivity contribution in [3.05, 3.63) is 85.2 Å². The minimum atomic E-state index is 0.886. The number of pyridine rings is 1. The molecule has 0 aliphatic rings. The molecular formula is C22H17NO. The van der Waals surface area contributed by atoms with Crippen LogP contribution in [0, 0.1) is 0 Å². The summed E-state index contributed by atoms with van der Waals surface area (Å²) in [6, 6.07) is 25.4. The standard InChI is InChI=1S/C22H17NO/c1-24-22-9-8-20-14-19(6-7-21(20)15-22)17-4-2-16(3-5-17)18-10-12-23-13-11-18/h2-15H,1H3. The Morgan fingerprint density at radius 2 is 1.12 bits per heavy atom. The second-order valence-electron chi connectivity index (χ2n) is 5.74. The molecule has 0 saturated heterocycles. The highest BCUT2D eigenvalue weighted by molar-refractivity contribution is 5.88. The van der Waals surface area contributed by atoms with Crippen molar-refractivity contribution in [2.24, 2.45) is 0 Å². The summed E-state index contributed by atoms with van der Waals surface area (Å²) in [4.78, 5) is 4.07. The maximum absolute atomic E-state index is 5.29. The molecule has 3 aromatic carbocycles. The molecule has 0 aliphatic carbocycles. The van der Waals surface area contributed by atoms with Gasteiger partial charge in [-0.25, -0.2) is 0 Å². The predicted molar refractivity (Wildman–Crippen MR) is 99.2 cm³/mol. The van der Waals surface area contributed by atoms with Gasteiger partial charge in [-0.2, -0.15) is 0 Å². The lowest BCUT2D eigenvalue weighted by atomic mass is 9.98. The van der Waals surface area contributed by atoms with Gasteiger partial charge in [-0.15, -0.1) is 0 Å². The first-order chi connectivity index (χ1) is 11.8. The van der Waals surface area contributed by atoms with E-state index in [1.165, 1.54) is 33.0 Å². The van der Waals surface area contributed by atoms with E-state index in [1.54, 1.807) is 7.11 Å². The van der Waals surface area contributed by atoms with Crippen molar-refractivity contribution in [1.29, 1.82) is 0 Å². The molecule has 0 unspecified atom stereocenters. The molecule has 2 heteroatoms. The van der Waals surface area contributed by atoms with Crippen molar-refractivity contribution in [2.45, 2.75) is 0 Å². The molecule has 24 heavy (non-hydrogen) atoms. The van der Waals surface area contributed by atoms with Crippen LogP contribution in [0.3, 0.4) is 0 Å². The van der Waals surface area contributed by atoms with Crippen molar-refractivity contribution in [3.63, 3.8) is 0 Å². The number of hydrogen-bond acceptors (Lipinski definition) is 2. The van der Waals surface area contributed by atoms with Gasteiger partial charge in [0.05, 0.1) is 7.11 Å². The average molecular weight is 311 g/mol. The molecule has 4 aromatic rings. The number of nitrogens with zero attached hydrogens (tertiary/aromatic N) is 1. The zero-order valence-corrected chi connectivity index (χ0v) is 13.4. The quantitative estimate of drug-likeness (QED) is 0.493. The van der Waals surface area contributed by atoms with Crippen molar-refractivity contribution < 1.29 is 4.74 Å². The second kappa shape index (κ2) is 6.17. The Kier molecular flexibility index (Phi) is 3.72. The van der Waals surface area contributed by atoms with Crippen LogP contribution in [-0.4, -0.2) is 12.1 Å². The first-order valence-corrected chi connectivity index (χ1v) is 7.92. The lowest BCUT2D eigenvalue weighted by Gasteiger charge is -2.07. The topological polar surface area (TPSA) is 22.1 Å². The Hall–Kier alpha value is -3.13. The van der Waals surface area contributed by atoms with Crippen LogP contribution in [0.15, 0.2) is 85.2 Å². The monoisotopic (exact) mass is 311 g/mol. The van der Waals surface area contributed by atoms with Crippen molar-refractivity contribution >= 4 is 10.8 Å². The highest BCUT2D eigenvalue weighted by Gasteiger charge is 2.03. The van der Waals surface area contributed by atoms with Gasteiger partial charge in [-0.3, -0.25) is 4.98 Å². The molecule has 0 aliphatic heterocycles. The zero-order valence-electron chi connectivity index (χ0n) is 13.4. The lowest BCUT2D eigenvalue weighted by Crippen LogP contribution is -1.84. The van der Waals surface area contributed by atoms with Crippen LogP contribution in [0.25, 0.3) is 33.0 Å². The smallest absolute Gasteiger partial charge is 0.119 e. The van der Waals surface area contributed by atoms with Crippen LogP contribution in [-0.2, 0) is 0 Å². The molecular weight excluding hydrogens is 294 g/mol. The predicted octanol–water partition coefficient (Wildman–Crippen LogP) is 5.58. The maximum Gasteiger partial charge on any atom is 0.119 e. The number of ether oxygens (including phenoxy) is 1. The molecule has 0 bridgehead atoms. The zero-order chi connectivity index (χ0) is 16.4. The maximum atomic E-state index is 5.29. The van der Waals surface area contributed by atoms with Crippen LogP contribution >= 0.6 is 0 Å². The van der Waals surface area contributed by atoms with Gasteiger partial charge in [0.2, 0.25) is 0 Å². The fourth-order valence-electron chi connectivity index (χ4n) is 2.93. The van der Waals surface area contributed by atoms with Crippen LogP contribution in [0.4, 0.5) is 0 Å². The van der Waals surface area contributed by atoms with Crippen LogP contribution in [0.2, 0.25) is 0 Å². The molecule has 0 radical (unpaired) electrons. The van der Waals surface area contributed by atoms with E-state index in [2.05, 4.69) is 59.6 Å². The van der Waals surface area contributed by atoms with Crippen molar-refractivity contribution in [2.75, 3.05) is 7.11 Å². The molecule has 0 fully saturated rings. The van der Waals surface area contributed by atoms with Gasteiger partial charge in [0.1, 0.15) is 5.75 Å². The number of fused-ring (bicyclic) bond motifs is 1. The van der Waals surface area contributed by atoms with E-state index >= 15 is 0 Å². The van der Waals surface area contributed by atoms with E-state index < -0.39 is 0 Å². The van der Waals surface area contributed by atoms with Gasteiger partial charge in [0.25, 0.3) is 0 Å². The van der Waals surface area contributed by atoms with Crippen molar-refractivity contribution in [3.8, 4) is 28.0 Å². The number of rotatable bonds is 3. The molecule has 0 spiro atoms. The van der Waals surface area contributed by atoms with E-state index in [1.807, 2.05) is 30.6 Å². The summed E-state index contributed by atoms with van der Waals surface area (Å²) >= 11 is 0. The third-order valence-electron chi connectivity index (χ3n) is 4.28. The Balaban J connectivity index is 1.69. The third-order valence-corrected chi connectivity index (χ3v) is 4.28. The van der Waals surface area contributed by atoms with E-state index in [4.69, 9.17) is 4.74 Å². The molecule has 116 valence electrons. The largest absolute Gasteiger partial charge is 0.497 e. The highest BCUT2D eigenvalue weighted by atomic mass is 16.5. The van der Waals surface area contributed by atoms with Gasteiger partial charge < -0.3 is 4.74 Å². The number of aromatic nitrogens is 1. The first kappa shape index (κ1) is 14.5. The van der Waals surface area contributed by atoms with Crippen LogP contribution < -0.4 is 4.74 Å². The molecule has 1 heterocycles. The Bertz CT molecular complexity index is 976. The Labute approximate surface area is 141 Å². The SMILES string of the molecule is COc1ccc2cc(-c3ccc(-c4ccncc4)cc3)ccc2c1. The molecule has 0 saturated carbocycles. The molecule has 0 amide bonds. The van der Waals surface area contributed by atoms with Crippen LogP contribution in [0.5, 0.6) is 5.75 Å². The molecule has 2 nitrogen and oxygen atoms in total. The Morgan fingerprint density at radius 3 is 1.83 bits per heavy atom. The van der Waals surface area contributed by atoms with E-state index in [9.17, 15) is 0 Å². The summed E-state index contributed by atoms with van der Waals surface area (Å²) in [5, 5.41) is 2.40. The fraction of sp³-hybridized carbons (Fsp3) is 0.0455. The summed E-state index contributed by atoms with van der Waals surface area (Å²) in [6.07, 6.45) is 3.64. The van der Waals surface area contributed by atoms with Gasteiger partial charge >= 0.3 is 0 Å². The number of hydrogen-bond donors (Lipinski definition) is 0. The van der Waals surface area contributed by atoms with E-state index in [-0.39, 0.29) is 0 Å². The molecule has 0 N–H and O–H groups in total. The first-order valence-electron chi connectivity index (χ1n) is 7.92. The van der Waals surface area contributed by atoms with Crippen LogP contribution in [0.1, 0.15) is 0 Å². The van der Waals surface area contributed by atoms with Gasteiger partial charge in [0.15, 0.2) is 0 Å². The Morgan fingerprint density at radius 1 is 0.583 bits per heavy atom. The van der Waals surface area contributed by atoms with E-state index in [0.717, 1.165) is 5.75 Å². The summed E-state index contributed by atoms with van der Waals surface area (Å²) < 4.78 is 5.29. The summed E-state index contributed by atoms with van der Waals surface area (Å²) in [5.74, 6) is 0.886. The van der Waals surface area contributed by atoms with E-state index in [0.29, 0.717) is 0 Å². The highest BCUT2D eigenvalue weighted by Crippen LogP contribution is 2.28.